The molecule has 0 bridgehead atoms. The molecule has 0 amide bonds. The van der Waals surface area contributed by atoms with Gasteiger partial charge >= 0.3 is 5.97 Å². The average molecular weight is 277 g/mol. The van der Waals surface area contributed by atoms with Gasteiger partial charge in [-0.3, -0.25) is 0 Å². The van der Waals surface area contributed by atoms with Crippen LogP contribution in [0.5, 0.6) is 0 Å². The fourth-order valence-electron chi connectivity index (χ4n) is 2.63. The SMILES string of the molecule is CCc1cc(C(=O)O)cc(N(C)C2CCN(C)CC2)n1. The van der Waals surface area contributed by atoms with Gasteiger partial charge in [0.25, 0.3) is 0 Å². The van der Waals surface area contributed by atoms with Gasteiger partial charge in [0, 0.05) is 18.8 Å². The van der Waals surface area contributed by atoms with Crippen LogP contribution in [-0.4, -0.2) is 54.2 Å². The van der Waals surface area contributed by atoms with E-state index in [0.717, 1.165) is 43.9 Å². The molecule has 1 fully saturated rings. The molecular formula is C15H23N3O2. The molecule has 1 N–H and O–H groups in total. The van der Waals surface area contributed by atoms with E-state index in [1.54, 1.807) is 12.1 Å². The lowest BCUT2D eigenvalue weighted by atomic mass is 10.0. The van der Waals surface area contributed by atoms with Crippen LogP contribution >= 0.6 is 0 Å². The zero-order valence-electron chi connectivity index (χ0n) is 12.5. The highest BCUT2D eigenvalue weighted by molar-refractivity contribution is 5.88. The topological polar surface area (TPSA) is 56.7 Å². The zero-order chi connectivity index (χ0) is 14.7. The Morgan fingerprint density at radius 3 is 2.65 bits per heavy atom. The number of nitrogens with zero attached hydrogens (tertiary/aromatic N) is 3. The first kappa shape index (κ1) is 14.8. The van der Waals surface area contributed by atoms with Gasteiger partial charge < -0.3 is 14.9 Å². The minimum Gasteiger partial charge on any atom is -0.478 e. The van der Waals surface area contributed by atoms with E-state index in [-0.39, 0.29) is 0 Å². The third kappa shape index (κ3) is 3.28. The van der Waals surface area contributed by atoms with E-state index in [1.165, 1.54) is 0 Å². The average Bonchev–Trinajstić information content (AvgIpc) is 2.46. The Bertz CT molecular complexity index is 482. The van der Waals surface area contributed by atoms with Crippen LogP contribution in [0.25, 0.3) is 0 Å². The predicted octanol–water partition coefficient (Wildman–Crippen LogP) is 1.87. The third-order valence-corrected chi connectivity index (χ3v) is 4.07. The second-order valence-corrected chi connectivity index (χ2v) is 5.51. The van der Waals surface area contributed by atoms with E-state index in [1.807, 2.05) is 14.0 Å². The summed E-state index contributed by atoms with van der Waals surface area (Å²) >= 11 is 0. The summed E-state index contributed by atoms with van der Waals surface area (Å²) in [6.07, 6.45) is 2.93. The number of anilines is 1. The largest absolute Gasteiger partial charge is 0.478 e. The molecule has 2 rings (SSSR count). The summed E-state index contributed by atoms with van der Waals surface area (Å²) in [5, 5.41) is 9.20. The first-order chi connectivity index (χ1) is 9.51. The fraction of sp³-hybridized carbons (Fsp3) is 0.600. The third-order valence-electron chi connectivity index (χ3n) is 4.07. The number of aromatic nitrogens is 1. The maximum atomic E-state index is 11.2. The van der Waals surface area contributed by atoms with Crippen molar-refractivity contribution in [3.63, 3.8) is 0 Å². The lowest BCUT2D eigenvalue weighted by molar-refractivity contribution is 0.0696. The highest BCUT2D eigenvalue weighted by Crippen LogP contribution is 2.22. The highest BCUT2D eigenvalue weighted by Gasteiger charge is 2.22. The van der Waals surface area contributed by atoms with Gasteiger partial charge in [0.2, 0.25) is 0 Å². The van der Waals surface area contributed by atoms with Crippen molar-refractivity contribution in [2.24, 2.45) is 0 Å². The Hall–Kier alpha value is -1.62. The molecule has 0 radical (unpaired) electrons. The molecule has 5 heteroatoms. The second kappa shape index (κ2) is 6.22. The van der Waals surface area contributed by atoms with Crippen LogP contribution in [0.3, 0.4) is 0 Å². The number of aryl methyl sites for hydroxylation is 1. The molecule has 0 atom stereocenters. The lowest BCUT2D eigenvalue weighted by Crippen LogP contribution is -2.42. The van der Waals surface area contributed by atoms with Gasteiger partial charge in [0.1, 0.15) is 5.82 Å². The van der Waals surface area contributed by atoms with Gasteiger partial charge in [-0.05, 0) is 51.5 Å². The normalized spacial score (nSPS) is 17.1. The quantitative estimate of drug-likeness (QED) is 0.910. The minimum atomic E-state index is -0.889. The molecule has 0 saturated carbocycles. The first-order valence-corrected chi connectivity index (χ1v) is 7.17. The number of hydrogen-bond acceptors (Lipinski definition) is 4. The van der Waals surface area contributed by atoms with Crippen molar-refractivity contribution < 1.29 is 9.90 Å². The maximum Gasteiger partial charge on any atom is 0.335 e. The lowest BCUT2D eigenvalue weighted by Gasteiger charge is -2.36. The van der Waals surface area contributed by atoms with Crippen molar-refractivity contribution in [1.82, 2.24) is 9.88 Å². The van der Waals surface area contributed by atoms with Crippen LogP contribution in [0.2, 0.25) is 0 Å². The number of hydrogen-bond donors (Lipinski definition) is 1. The summed E-state index contributed by atoms with van der Waals surface area (Å²) in [4.78, 5) is 20.2. The van der Waals surface area contributed by atoms with E-state index in [0.29, 0.717) is 11.6 Å². The zero-order valence-corrected chi connectivity index (χ0v) is 12.5. The van der Waals surface area contributed by atoms with Gasteiger partial charge in [-0.25, -0.2) is 9.78 Å². The number of aromatic carboxylic acids is 1. The van der Waals surface area contributed by atoms with Crippen molar-refractivity contribution >= 4 is 11.8 Å². The summed E-state index contributed by atoms with van der Waals surface area (Å²) < 4.78 is 0. The standard InChI is InChI=1S/C15H23N3O2/c1-4-12-9-11(15(19)20)10-14(16-12)18(3)13-5-7-17(2)8-6-13/h9-10,13H,4-8H2,1-3H3,(H,19,20). The molecule has 0 spiro atoms. The molecule has 0 aromatic carbocycles. The van der Waals surface area contributed by atoms with Crippen molar-refractivity contribution in [2.75, 3.05) is 32.1 Å². The molecule has 110 valence electrons. The number of carboxylic acid groups (broad SMARTS) is 1. The Morgan fingerprint density at radius 2 is 2.10 bits per heavy atom. The van der Waals surface area contributed by atoms with E-state index in [2.05, 4.69) is 21.8 Å². The number of likely N-dealkylation sites (tertiary alicyclic amines) is 1. The molecule has 1 saturated heterocycles. The number of carbonyl (C=O) groups is 1. The summed E-state index contributed by atoms with van der Waals surface area (Å²) in [5.41, 5.74) is 1.16. The number of carboxylic acids is 1. The summed E-state index contributed by atoms with van der Waals surface area (Å²) in [6, 6.07) is 3.78. The Balaban J connectivity index is 2.22. The van der Waals surface area contributed by atoms with E-state index < -0.39 is 5.97 Å². The smallest absolute Gasteiger partial charge is 0.335 e. The Kier molecular flexibility index (Phi) is 4.60. The van der Waals surface area contributed by atoms with Gasteiger partial charge in [-0.2, -0.15) is 0 Å². The summed E-state index contributed by atoms with van der Waals surface area (Å²) in [5.74, 6) is -0.114. The molecule has 0 unspecified atom stereocenters. The molecule has 1 aromatic heterocycles. The number of rotatable bonds is 4. The van der Waals surface area contributed by atoms with Crippen LogP contribution in [0.15, 0.2) is 12.1 Å². The molecule has 1 aliphatic heterocycles. The van der Waals surface area contributed by atoms with Crippen LogP contribution in [0.4, 0.5) is 5.82 Å². The number of pyridine rings is 1. The van der Waals surface area contributed by atoms with Crippen LogP contribution < -0.4 is 4.90 Å². The van der Waals surface area contributed by atoms with E-state index in [4.69, 9.17) is 0 Å². The highest BCUT2D eigenvalue weighted by atomic mass is 16.4. The second-order valence-electron chi connectivity index (χ2n) is 5.51. The Morgan fingerprint density at radius 1 is 1.45 bits per heavy atom. The monoisotopic (exact) mass is 277 g/mol. The molecular weight excluding hydrogens is 254 g/mol. The van der Waals surface area contributed by atoms with Crippen molar-refractivity contribution in [3.8, 4) is 0 Å². The predicted molar refractivity (Wildman–Crippen MR) is 79.5 cm³/mol. The maximum absolute atomic E-state index is 11.2. The molecule has 20 heavy (non-hydrogen) atoms. The van der Waals surface area contributed by atoms with Gasteiger partial charge in [-0.15, -0.1) is 0 Å². The van der Waals surface area contributed by atoms with E-state index in [9.17, 15) is 9.90 Å². The van der Waals surface area contributed by atoms with Crippen LogP contribution in [0, 0.1) is 0 Å². The van der Waals surface area contributed by atoms with Crippen LogP contribution in [-0.2, 0) is 6.42 Å². The minimum absolute atomic E-state index is 0.326. The molecule has 1 aromatic rings. The molecule has 2 heterocycles. The first-order valence-electron chi connectivity index (χ1n) is 7.17. The molecule has 1 aliphatic rings. The summed E-state index contributed by atoms with van der Waals surface area (Å²) in [7, 11) is 4.15. The fourth-order valence-corrected chi connectivity index (χ4v) is 2.63. The van der Waals surface area contributed by atoms with Gasteiger partial charge in [0.05, 0.1) is 5.56 Å². The van der Waals surface area contributed by atoms with Crippen LogP contribution in [0.1, 0.15) is 35.8 Å². The molecule has 0 aliphatic carbocycles. The summed E-state index contributed by atoms with van der Waals surface area (Å²) in [6.45, 7) is 4.15. The van der Waals surface area contributed by atoms with Gasteiger partial charge in [-0.1, -0.05) is 6.92 Å². The molecule has 5 nitrogen and oxygen atoms in total. The van der Waals surface area contributed by atoms with Crippen molar-refractivity contribution in [2.45, 2.75) is 32.2 Å². The number of piperidine rings is 1. The van der Waals surface area contributed by atoms with Crippen molar-refractivity contribution in [1.29, 1.82) is 0 Å². The van der Waals surface area contributed by atoms with Gasteiger partial charge in [0.15, 0.2) is 0 Å². The van der Waals surface area contributed by atoms with E-state index >= 15 is 0 Å². The Labute approximate surface area is 120 Å². The van der Waals surface area contributed by atoms with Crippen molar-refractivity contribution in [3.05, 3.63) is 23.4 Å².